The van der Waals surface area contributed by atoms with Crippen molar-refractivity contribution in [1.29, 1.82) is 0 Å². The maximum atomic E-state index is 4.39. The van der Waals surface area contributed by atoms with Crippen LogP contribution in [0.1, 0.15) is 24.9 Å². The highest BCUT2D eigenvalue weighted by Crippen LogP contribution is 2.11. The molecule has 2 aromatic rings. The molecule has 0 aliphatic carbocycles. The molecule has 0 saturated heterocycles. The van der Waals surface area contributed by atoms with Gasteiger partial charge in [0.15, 0.2) is 0 Å². The fourth-order valence-corrected chi connectivity index (χ4v) is 2.01. The lowest BCUT2D eigenvalue weighted by Gasteiger charge is -1.99. The fourth-order valence-electron chi connectivity index (χ4n) is 1.38. The molecular weight excluding hydrogens is 222 g/mol. The fraction of sp³-hybridized carbons (Fsp3) is 0.500. The van der Waals surface area contributed by atoms with E-state index in [0.29, 0.717) is 0 Å². The van der Waals surface area contributed by atoms with E-state index in [2.05, 4.69) is 31.6 Å². The van der Waals surface area contributed by atoms with E-state index in [1.54, 1.807) is 6.33 Å². The summed E-state index contributed by atoms with van der Waals surface area (Å²) in [5, 5.41) is 4.16. The van der Waals surface area contributed by atoms with Gasteiger partial charge in [-0.3, -0.25) is 0 Å². The Balaban J connectivity index is 1.76. The molecule has 0 radical (unpaired) electrons. The minimum absolute atomic E-state index is 0.850. The zero-order chi connectivity index (χ0) is 11.2. The second-order valence-electron chi connectivity index (χ2n) is 3.52. The molecule has 2 heterocycles. The number of imidazole rings is 1. The van der Waals surface area contributed by atoms with Gasteiger partial charge in [0.1, 0.15) is 5.82 Å². The van der Waals surface area contributed by atoms with Gasteiger partial charge in [0.05, 0.1) is 6.33 Å². The van der Waals surface area contributed by atoms with Crippen LogP contribution in [-0.2, 0) is 12.8 Å². The molecule has 0 bridgehead atoms. The van der Waals surface area contributed by atoms with E-state index in [1.165, 1.54) is 11.5 Å². The van der Waals surface area contributed by atoms with Gasteiger partial charge < -0.3 is 10.3 Å². The van der Waals surface area contributed by atoms with Gasteiger partial charge in [-0.25, -0.2) is 9.97 Å². The largest absolute Gasteiger partial charge is 0.360 e. The number of hydrogen-bond acceptors (Lipinski definition) is 5. The minimum atomic E-state index is 0.850. The SMILES string of the molecule is CCCc1nsc(NCCc2cnc[nH]2)n1. The normalized spacial score (nSPS) is 10.6. The Labute approximate surface area is 98.5 Å². The monoisotopic (exact) mass is 237 g/mol. The Morgan fingerprint density at radius 3 is 3.12 bits per heavy atom. The van der Waals surface area contributed by atoms with Crippen molar-refractivity contribution < 1.29 is 0 Å². The van der Waals surface area contributed by atoms with Gasteiger partial charge in [0.25, 0.3) is 0 Å². The number of anilines is 1. The van der Waals surface area contributed by atoms with Crippen molar-refractivity contribution in [2.75, 3.05) is 11.9 Å². The average Bonchev–Trinajstić information content (AvgIpc) is 2.90. The average molecular weight is 237 g/mol. The Morgan fingerprint density at radius 2 is 2.38 bits per heavy atom. The van der Waals surface area contributed by atoms with Crippen molar-refractivity contribution in [2.24, 2.45) is 0 Å². The van der Waals surface area contributed by atoms with Crippen LogP contribution >= 0.6 is 11.5 Å². The molecule has 0 atom stereocenters. The highest BCUT2D eigenvalue weighted by Gasteiger charge is 2.02. The summed E-state index contributed by atoms with van der Waals surface area (Å²) in [6, 6.07) is 0. The van der Waals surface area contributed by atoms with Crippen LogP contribution in [0, 0.1) is 0 Å². The highest BCUT2D eigenvalue weighted by atomic mass is 32.1. The lowest BCUT2D eigenvalue weighted by atomic mass is 10.3. The number of H-pyrrole nitrogens is 1. The Morgan fingerprint density at radius 1 is 1.44 bits per heavy atom. The standard InChI is InChI=1S/C10H15N5S/c1-2-3-9-14-10(16-15-9)12-5-4-8-6-11-7-13-8/h6-7H,2-5H2,1H3,(H,11,13)(H,12,14,15). The third-order valence-corrected chi connectivity index (χ3v) is 2.88. The predicted octanol–water partition coefficient (Wildman–Crippen LogP) is 1.87. The molecule has 0 amide bonds. The van der Waals surface area contributed by atoms with Crippen LogP contribution in [0.3, 0.4) is 0 Å². The summed E-state index contributed by atoms with van der Waals surface area (Å²) in [6.45, 7) is 2.98. The van der Waals surface area contributed by atoms with E-state index in [4.69, 9.17) is 0 Å². The lowest BCUT2D eigenvalue weighted by Crippen LogP contribution is -2.04. The quantitative estimate of drug-likeness (QED) is 0.805. The molecule has 0 aromatic carbocycles. The van der Waals surface area contributed by atoms with E-state index in [0.717, 1.165) is 42.5 Å². The molecule has 0 fully saturated rings. The van der Waals surface area contributed by atoms with Crippen molar-refractivity contribution >= 4 is 16.7 Å². The molecular formula is C10H15N5S. The van der Waals surface area contributed by atoms with Crippen LogP contribution < -0.4 is 5.32 Å². The second kappa shape index (κ2) is 5.60. The highest BCUT2D eigenvalue weighted by molar-refractivity contribution is 7.09. The zero-order valence-electron chi connectivity index (χ0n) is 9.23. The summed E-state index contributed by atoms with van der Waals surface area (Å²) in [6.07, 6.45) is 6.50. The first-order chi connectivity index (χ1) is 7.88. The third kappa shape index (κ3) is 3.03. The minimum Gasteiger partial charge on any atom is -0.360 e. The van der Waals surface area contributed by atoms with Gasteiger partial charge in [-0.15, -0.1) is 0 Å². The Bertz CT molecular complexity index is 409. The predicted molar refractivity (Wildman–Crippen MR) is 64.7 cm³/mol. The maximum Gasteiger partial charge on any atom is 0.202 e. The number of aryl methyl sites for hydroxylation is 1. The molecule has 6 heteroatoms. The number of aromatic amines is 1. The second-order valence-corrected chi connectivity index (χ2v) is 4.27. The number of rotatable bonds is 6. The first kappa shape index (κ1) is 11.1. The molecule has 5 nitrogen and oxygen atoms in total. The molecule has 2 rings (SSSR count). The van der Waals surface area contributed by atoms with Gasteiger partial charge in [-0.2, -0.15) is 4.37 Å². The Hall–Kier alpha value is -1.43. The van der Waals surface area contributed by atoms with Crippen molar-refractivity contribution in [1.82, 2.24) is 19.3 Å². The van der Waals surface area contributed by atoms with E-state index < -0.39 is 0 Å². The molecule has 0 aliphatic heterocycles. The van der Waals surface area contributed by atoms with Gasteiger partial charge in [0, 0.05) is 42.8 Å². The van der Waals surface area contributed by atoms with Crippen molar-refractivity contribution in [3.05, 3.63) is 24.0 Å². The molecule has 2 aromatic heterocycles. The van der Waals surface area contributed by atoms with E-state index in [9.17, 15) is 0 Å². The molecule has 0 spiro atoms. The smallest absolute Gasteiger partial charge is 0.202 e. The first-order valence-electron chi connectivity index (χ1n) is 5.42. The number of hydrogen-bond donors (Lipinski definition) is 2. The van der Waals surface area contributed by atoms with Crippen LogP contribution in [0.2, 0.25) is 0 Å². The summed E-state index contributed by atoms with van der Waals surface area (Å²) in [5.74, 6) is 0.941. The van der Waals surface area contributed by atoms with E-state index in [-0.39, 0.29) is 0 Å². The van der Waals surface area contributed by atoms with Crippen molar-refractivity contribution in [3.63, 3.8) is 0 Å². The van der Waals surface area contributed by atoms with Crippen LogP contribution in [0.15, 0.2) is 12.5 Å². The third-order valence-electron chi connectivity index (χ3n) is 2.17. The summed E-state index contributed by atoms with van der Waals surface area (Å²) in [7, 11) is 0. The Kier molecular flexibility index (Phi) is 3.87. The first-order valence-corrected chi connectivity index (χ1v) is 6.19. The molecule has 86 valence electrons. The van der Waals surface area contributed by atoms with Crippen LogP contribution in [0.25, 0.3) is 0 Å². The summed E-state index contributed by atoms with van der Waals surface area (Å²) in [4.78, 5) is 11.4. The van der Waals surface area contributed by atoms with Gasteiger partial charge in [0.2, 0.25) is 5.13 Å². The lowest BCUT2D eigenvalue weighted by molar-refractivity contribution is 0.860. The maximum absolute atomic E-state index is 4.39. The summed E-state index contributed by atoms with van der Waals surface area (Å²) >= 11 is 1.43. The van der Waals surface area contributed by atoms with E-state index in [1.807, 2.05) is 6.20 Å². The van der Waals surface area contributed by atoms with Crippen LogP contribution in [0.4, 0.5) is 5.13 Å². The molecule has 0 saturated carbocycles. The van der Waals surface area contributed by atoms with Crippen molar-refractivity contribution in [3.8, 4) is 0 Å². The zero-order valence-corrected chi connectivity index (χ0v) is 10.0. The van der Waals surface area contributed by atoms with E-state index >= 15 is 0 Å². The van der Waals surface area contributed by atoms with Gasteiger partial charge in [-0.1, -0.05) is 6.92 Å². The van der Waals surface area contributed by atoms with Crippen LogP contribution in [0.5, 0.6) is 0 Å². The number of nitrogens with zero attached hydrogens (tertiary/aromatic N) is 3. The van der Waals surface area contributed by atoms with Gasteiger partial charge in [-0.05, 0) is 6.42 Å². The van der Waals surface area contributed by atoms with Gasteiger partial charge >= 0.3 is 0 Å². The number of nitrogens with one attached hydrogen (secondary N) is 2. The van der Waals surface area contributed by atoms with Crippen molar-refractivity contribution in [2.45, 2.75) is 26.2 Å². The molecule has 0 unspecified atom stereocenters. The summed E-state index contributed by atoms with van der Waals surface area (Å²) in [5.41, 5.74) is 1.13. The molecule has 0 aliphatic rings. The molecule has 2 N–H and O–H groups in total. The van der Waals surface area contributed by atoms with Crippen LogP contribution in [-0.4, -0.2) is 25.9 Å². The topological polar surface area (TPSA) is 66.5 Å². The number of aromatic nitrogens is 4. The molecule has 16 heavy (non-hydrogen) atoms. The summed E-state index contributed by atoms with van der Waals surface area (Å²) < 4.78 is 4.27.